The highest BCUT2D eigenvalue weighted by Crippen LogP contribution is 2.31. The zero-order valence-electron chi connectivity index (χ0n) is 11.2. The van der Waals surface area contributed by atoms with Gasteiger partial charge in [0.1, 0.15) is 6.33 Å². The Bertz CT molecular complexity index is 723. The van der Waals surface area contributed by atoms with Gasteiger partial charge in [-0.2, -0.15) is 5.10 Å². The number of aryl methyl sites for hydroxylation is 1. The van der Waals surface area contributed by atoms with Crippen molar-refractivity contribution in [2.45, 2.75) is 23.9 Å². The van der Waals surface area contributed by atoms with Gasteiger partial charge < -0.3 is 5.32 Å². The van der Waals surface area contributed by atoms with E-state index in [9.17, 15) is 8.42 Å². The quantitative estimate of drug-likeness (QED) is 0.906. The number of nitrogens with one attached hydrogen (secondary N) is 1. The number of fused-ring (bicyclic) bond motifs is 1. The second-order valence-corrected chi connectivity index (χ2v) is 6.99. The van der Waals surface area contributed by atoms with Crippen LogP contribution in [0.4, 0.5) is 0 Å². The fraction of sp³-hybridized carbons (Fsp3) is 0.385. The van der Waals surface area contributed by atoms with Crippen molar-refractivity contribution >= 4 is 9.84 Å². The van der Waals surface area contributed by atoms with E-state index in [0.29, 0.717) is 23.7 Å². The van der Waals surface area contributed by atoms with Crippen LogP contribution in [0.3, 0.4) is 0 Å². The van der Waals surface area contributed by atoms with Crippen molar-refractivity contribution in [3.05, 3.63) is 42.0 Å². The van der Waals surface area contributed by atoms with Crippen LogP contribution in [-0.4, -0.2) is 28.9 Å². The Labute approximate surface area is 117 Å². The molecule has 2 aromatic rings. The predicted molar refractivity (Wildman–Crippen MR) is 73.7 cm³/mol. The fourth-order valence-corrected chi connectivity index (χ4v) is 4.10. The summed E-state index contributed by atoms with van der Waals surface area (Å²) in [5.41, 5.74) is 0.842. The van der Waals surface area contributed by atoms with E-state index in [1.165, 1.54) is 0 Å². The van der Waals surface area contributed by atoms with Crippen LogP contribution in [0, 0.1) is 0 Å². The summed E-state index contributed by atoms with van der Waals surface area (Å²) in [6.07, 6.45) is 2.22. The molecule has 0 saturated carbocycles. The van der Waals surface area contributed by atoms with Gasteiger partial charge in [-0.15, -0.1) is 0 Å². The largest absolute Gasteiger partial charge is 0.303 e. The summed E-state index contributed by atoms with van der Waals surface area (Å²) in [6, 6.07) is 7.21. The van der Waals surface area contributed by atoms with Crippen molar-refractivity contribution in [1.29, 1.82) is 0 Å². The molecular weight excluding hydrogens is 276 g/mol. The summed E-state index contributed by atoms with van der Waals surface area (Å²) >= 11 is 0. The second kappa shape index (κ2) is 4.99. The molecule has 1 aromatic heterocycles. The van der Waals surface area contributed by atoms with E-state index >= 15 is 0 Å². The Morgan fingerprint density at radius 1 is 1.40 bits per heavy atom. The molecule has 1 aliphatic rings. The average molecular weight is 292 g/mol. The monoisotopic (exact) mass is 292 g/mol. The number of rotatable bonds is 3. The first-order valence-electron chi connectivity index (χ1n) is 6.46. The molecule has 1 unspecified atom stereocenters. The maximum Gasteiger partial charge on any atom is 0.178 e. The normalized spacial score (nSPS) is 20.6. The standard InChI is InChI=1S/C13H16N4O2S/c1-17-9-15-13(16-17)8-14-11-6-7-20(18,19)12-5-3-2-4-10(11)12/h2-5,9,11,14H,6-8H2,1H3. The number of hydrogen-bond acceptors (Lipinski definition) is 5. The van der Waals surface area contributed by atoms with Crippen LogP contribution in [0.15, 0.2) is 35.5 Å². The molecule has 1 N–H and O–H groups in total. The van der Waals surface area contributed by atoms with Crippen LogP contribution in [0.5, 0.6) is 0 Å². The highest BCUT2D eigenvalue weighted by atomic mass is 32.2. The van der Waals surface area contributed by atoms with Gasteiger partial charge in [0.15, 0.2) is 15.7 Å². The van der Waals surface area contributed by atoms with Crippen molar-refractivity contribution in [2.24, 2.45) is 7.05 Å². The van der Waals surface area contributed by atoms with Gasteiger partial charge >= 0.3 is 0 Å². The molecule has 1 aliphatic heterocycles. The van der Waals surface area contributed by atoms with Crippen LogP contribution in [0.2, 0.25) is 0 Å². The zero-order valence-corrected chi connectivity index (χ0v) is 12.0. The molecule has 3 rings (SSSR count). The van der Waals surface area contributed by atoms with E-state index in [1.807, 2.05) is 19.2 Å². The van der Waals surface area contributed by atoms with Crippen molar-refractivity contribution in [1.82, 2.24) is 20.1 Å². The Kier molecular flexibility index (Phi) is 3.31. The molecule has 0 amide bonds. The van der Waals surface area contributed by atoms with E-state index in [1.54, 1.807) is 23.1 Å². The summed E-state index contributed by atoms with van der Waals surface area (Å²) in [4.78, 5) is 4.60. The highest BCUT2D eigenvalue weighted by Gasteiger charge is 2.29. The number of sulfone groups is 1. The molecule has 2 heterocycles. The SMILES string of the molecule is Cn1cnc(CNC2CCS(=O)(=O)c3ccccc32)n1. The topological polar surface area (TPSA) is 76.9 Å². The average Bonchev–Trinajstić information content (AvgIpc) is 2.84. The van der Waals surface area contributed by atoms with E-state index in [2.05, 4.69) is 15.4 Å². The van der Waals surface area contributed by atoms with Gasteiger partial charge in [-0.1, -0.05) is 18.2 Å². The van der Waals surface area contributed by atoms with Crippen molar-refractivity contribution in [2.75, 3.05) is 5.75 Å². The van der Waals surface area contributed by atoms with Crippen LogP contribution in [0.1, 0.15) is 23.9 Å². The van der Waals surface area contributed by atoms with E-state index in [0.717, 1.165) is 5.56 Å². The molecule has 0 aliphatic carbocycles. The molecule has 7 heteroatoms. The summed E-state index contributed by atoms with van der Waals surface area (Å²) in [7, 11) is -1.31. The van der Waals surface area contributed by atoms with Crippen LogP contribution in [0.25, 0.3) is 0 Å². The van der Waals surface area contributed by atoms with Crippen molar-refractivity contribution in [3.63, 3.8) is 0 Å². The minimum absolute atomic E-state index is 0.0264. The number of hydrogen-bond donors (Lipinski definition) is 1. The van der Waals surface area contributed by atoms with Gasteiger partial charge in [-0.05, 0) is 18.1 Å². The van der Waals surface area contributed by atoms with Gasteiger partial charge in [0, 0.05) is 13.1 Å². The van der Waals surface area contributed by atoms with Gasteiger partial charge in [0.25, 0.3) is 0 Å². The van der Waals surface area contributed by atoms with E-state index in [4.69, 9.17) is 0 Å². The Morgan fingerprint density at radius 2 is 2.20 bits per heavy atom. The molecular formula is C13H16N4O2S. The van der Waals surface area contributed by atoms with Crippen LogP contribution >= 0.6 is 0 Å². The predicted octanol–water partition coefficient (Wildman–Crippen LogP) is 0.823. The fourth-order valence-electron chi connectivity index (χ4n) is 2.48. The molecule has 0 spiro atoms. The summed E-state index contributed by atoms with van der Waals surface area (Å²) in [6.45, 7) is 0.528. The Morgan fingerprint density at radius 3 is 2.95 bits per heavy atom. The number of aromatic nitrogens is 3. The smallest absolute Gasteiger partial charge is 0.178 e. The summed E-state index contributed by atoms with van der Waals surface area (Å²) in [5, 5.41) is 7.55. The van der Waals surface area contributed by atoms with Crippen LogP contribution < -0.4 is 5.32 Å². The summed E-state index contributed by atoms with van der Waals surface area (Å²) in [5.74, 6) is 0.885. The lowest BCUT2D eigenvalue weighted by molar-refractivity contribution is 0.483. The second-order valence-electron chi connectivity index (χ2n) is 4.91. The van der Waals surface area contributed by atoms with Crippen molar-refractivity contribution in [3.8, 4) is 0 Å². The summed E-state index contributed by atoms with van der Waals surface area (Å²) < 4.78 is 25.7. The molecule has 20 heavy (non-hydrogen) atoms. The minimum Gasteiger partial charge on any atom is -0.303 e. The molecule has 0 fully saturated rings. The maximum absolute atomic E-state index is 12.0. The maximum atomic E-state index is 12.0. The first-order valence-corrected chi connectivity index (χ1v) is 8.11. The molecule has 0 saturated heterocycles. The third kappa shape index (κ3) is 2.46. The van der Waals surface area contributed by atoms with Gasteiger partial charge in [-0.25, -0.2) is 13.4 Å². The Hall–Kier alpha value is -1.73. The molecule has 1 atom stereocenters. The van der Waals surface area contributed by atoms with Crippen LogP contribution in [-0.2, 0) is 23.4 Å². The molecule has 6 nitrogen and oxygen atoms in total. The van der Waals surface area contributed by atoms with Crippen molar-refractivity contribution < 1.29 is 8.42 Å². The van der Waals surface area contributed by atoms with Gasteiger partial charge in [0.2, 0.25) is 0 Å². The zero-order chi connectivity index (χ0) is 14.2. The first-order chi connectivity index (χ1) is 9.56. The number of benzene rings is 1. The van der Waals surface area contributed by atoms with Gasteiger partial charge in [-0.3, -0.25) is 4.68 Å². The molecule has 0 radical (unpaired) electrons. The lowest BCUT2D eigenvalue weighted by atomic mass is 10.0. The third-order valence-electron chi connectivity index (χ3n) is 3.46. The van der Waals surface area contributed by atoms with Gasteiger partial charge in [0.05, 0.1) is 17.2 Å². The lowest BCUT2D eigenvalue weighted by Crippen LogP contribution is -2.29. The molecule has 1 aromatic carbocycles. The van der Waals surface area contributed by atoms with E-state index in [-0.39, 0.29) is 11.8 Å². The minimum atomic E-state index is -3.13. The first kappa shape index (κ1) is 13.3. The molecule has 0 bridgehead atoms. The number of nitrogens with zero attached hydrogens (tertiary/aromatic N) is 3. The molecule has 106 valence electrons. The third-order valence-corrected chi connectivity index (χ3v) is 5.27. The van der Waals surface area contributed by atoms with E-state index < -0.39 is 9.84 Å². The Balaban J connectivity index is 1.82. The highest BCUT2D eigenvalue weighted by molar-refractivity contribution is 7.91. The lowest BCUT2D eigenvalue weighted by Gasteiger charge is -2.25.